The summed E-state index contributed by atoms with van der Waals surface area (Å²) in [5.41, 5.74) is 3.13. The van der Waals surface area contributed by atoms with Crippen molar-refractivity contribution in [3.05, 3.63) is 29.6 Å². The van der Waals surface area contributed by atoms with Gasteiger partial charge < -0.3 is 9.72 Å². The maximum absolute atomic E-state index is 6.38. The van der Waals surface area contributed by atoms with Crippen molar-refractivity contribution in [3.63, 3.8) is 0 Å². The standard InChI is InChI=1S/C11H11ClN2O/c1-7-13-9-3-2-8(4-10(9)14-7)11(12)5-15-6-11/h2-4H,5-6H2,1H3,(H,13,14). The lowest BCUT2D eigenvalue weighted by Gasteiger charge is -2.35. The fourth-order valence-electron chi connectivity index (χ4n) is 1.86. The van der Waals surface area contributed by atoms with E-state index in [9.17, 15) is 0 Å². The summed E-state index contributed by atoms with van der Waals surface area (Å²) in [5, 5.41) is 0. The van der Waals surface area contributed by atoms with Crippen LogP contribution in [-0.4, -0.2) is 23.2 Å². The summed E-state index contributed by atoms with van der Waals surface area (Å²) < 4.78 is 5.15. The van der Waals surface area contributed by atoms with Crippen LogP contribution < -0.4 is 0 Å². The predicted molar refractivity (Wildman–Crippen MR) is 59.2 cm³/mol. The first-order valence-corrected chi connectivity index (χ1v) is 5.29. The van der Waals surface area contributed by atoms with Gasteiger partial charge >= 0.3 is 0 Å². The lowest BCUT2D eigenvalue weighted by Crippen LogP contribution is -2.41. The molecule has 0 aliphatic carbocycles. The molecule has 0 amide bonds. The molecule has 15 heavy (non-hydrogen) atoms. The molecule has 4 heteroatoms. The first kappa shape index (κ1) is 9.19. The first-order valence-electron chi connectivity index (χ1n) is 4.91. The minimum absolute atomic E-state index is 0.326. The highest BCUT2D eigenvalue weighted by Gasteiger charge is 2.38. The third-order valence-corrected chi connectivity index (χ3v) is 3.22. The van der Waals surface area contributed by atoms with Gasteiger partial charge in [-0.15, -0.1) is 11.6 Å². The van der Waals surface area contributed by atoms with Crippen LogP contribution in [0.15, 0.2) is 18.2 Å². The molecular formula is C11H11ClN2O. The number of nitrogens with one attached hydrogen (secondary N) is 1. The molecule has 1 aromatic heterocycles. The monoisotopic (exact) mass is 222 g/mol. The number of halogens is 1. The fourth-order valence-corrected chi connectivity index (χ4v) is 2.14. The lowest BCUT2D eigenvalue weighted by atomic mass is 9.96. The first-order chi connectivity index (χ1) is 7.17. The molecule has 78 valence electrons. The van der Waals surface area contributed by atoms with Gasteiger partial charge in [-0.2, -0.15) is 0 Å². The third-order valence-electron chi connectivity index (χ3n) is 2.78. The van der Waals surface area contributed by atoms with Crippen molar-refractivity contribution in [2.45, 2.75) is 11.8 Å². The van der Waals surface area contributed by atoms with Gasteiger partial charge in [0.05, 0.1) is 24.2 Å². The number of imidazole rings is 1. The Balaban J connectivity index is 2.13. The lowest BCUT2D eigenvalue weighted by molar-refractivity contribution is -0.0151. The minimum Gasteiger partial charge on any atom is -0.377 e. The third kappa shape index (κ3) is 1.34. The van der Waals surface area contributed by atoms with Crippen molar-refractivity contribution in [1.29, 1.82) is 0 Å². The van der Waals surface area contributed by atoms with Gasteiger partial charge in [0.1, 0.15) is 10.7 Å². The van der Waals surface area contributed by atoms with E-state index < -0.39 is 0 Å². The van der Waals surface area contributed by atoms with Crippen molar-refractivity contribution >= 4 is 22.6 Å². The molecular weight excluding hydrogens is 212 g/mol. The Morgan fingerprint density at radius 2 is 2.27 bits per heavy atom. The number of fused-ring (bicyclic) bond motifs is 1. The zero-order valence-corrected chi connectivity index (χ0v) is 9.14. The highest BCUT2D eigenvalue weighted by atomic mass is 35.5. The minimum atomic E-state index is -0.326. The second kappa shape index (κ2) is 2.97. The molecule has 0 bridgehead atoms. The normalized spacial score (nSPS) is 19.1. The van der Waals surface area contributed by atoms with Crippen LogP contribution in [0.4, 0.5) is 0 Å². The zero-order chi connectivity index (χ0) is 10.5. The number of ether oxygens (including phenoxy) is 1. The molecule has 2 heterocycles. The van der Waals surface area contributed by atoms with Gasteiger partial charge in [0, 0.05) is 0 Å². The van der Waals surface area contributed by atoms with E-state index in [4.69, 9.17) is 16.3 Å². The summed E-state index contributed by atoms with van der Waals surface area (Å²) in [5.74, 6) is 0.927. The van der Waals surface area contributed by atoms with Crippen LogP contribution in [0.1, 0.15) is 11.4 Å². The fraction of sp³-hybridized carbons (Fsp3) is 0.364. The van der Waals surface area contributed by atoms with Crippen molar-refractivity contribution in [2.24, 2.45) is 0 Å². The van der Waals surface area contributed by atoms with Crippen LogP contribution in [0.5, 0.6) is 0 Å². The largest absolute Gasteiger partial charge is 0.377 e. The Labute approximate surface area is 92.4 Å². The molecule has 0 unspecified atom stereocenters. The molecule has 1 fully saturated rings. The van der Waals surface area contributed by atoms with Gasteiger partial charge in [-0.25, -0.2) is 4.98 Å². The second-order valence-corrected chi connectivity index (χ2v) is 4.74. The van der Waals surface area contributed by atoms with Gasteiger partial charge in [-0.05, 0) is 24.6 Å². The smallest absolute Gasteiger partial charge is 0.116 e. The summed E-state index contributed by atoms with van der Waals surface area (Å²) in [7, 11) is 0. The van der Waals surface area contributed by atoms with Crippen molar-refractivity contribution in [3.8, 4) is 0 Å². The number of hydrogen-bond donors (Lipinski definition) is 1. The number of nitrogens with zero attached hydrogens (tertiary/aromatic N) is 1. The summed E-state index contributed by atoms with van der Waals surface area (Å²) >= 11 is 6.38. The van der Waals surface area contributed by atoms with E-state index in [1.54, 1.807) is 0 Å². The second-order valence-electron chi connectivity index (χ2n) is 4.01. The number of hydrogen-bond acceptors (Lipinski definition) is 2. The van der Waals surface area contributed by atoms with Crippen LogP contribution in [0.2, 0.25) is 0 Å². The Hall–Kier alpha value is -1.06. The number of aryl methyl sites for hydroxylation is 1. The molecule has 1 aromatic carbocycles. The summed E-state index contributed by atoms with van der Waals surface area (Å²) in [4.78, 5) is 7.23. The molecule has 0 atom stereocenters. The molecule has 3 nitrogen and oxygen atoms in total. The van der Waals surface area contributed by atoms with Gasteiger partial charge in [-0.3, -0.25) is 0 Å². The summed E-state index contributed by atoms with van der Waals surface area (Å²) in [6.45, 7) is 3.13. The van der Waals surface area contributed by atoms with E-state index in [0.29, 0.717) is 13.2 Å². The Bertz CT molecular complexity index is 516. The van der Waals surface area contributed by atoms with Crippen LogP contribution in [0.25, 0.3) is 11.0 Å². The highest BCUT2D eigenvalue weighted by molar-refractivity contribution is 6.24. The SMILES string of the molecule is Cc1nc2ccc(C3(Cl)COC3)cc2[nH]1. The van der Waals surface area contributed by atoms with Gasteiger partial charge in [0.15, 0.2) is 0 Å². The van der Waals surface area contributed by atoms with Crippen LogP contribution in [0, 0.1) is 6.92 Å². The van der Waals surface area contributed by atoms with E-state index >= 15 is 0 Å². The number of aromatic amines is 1. The molecule has 0 saturated carbocycles. The van der Waals surface area contributed by atoms with Crippen molar-refractivity contribution in [1.82, 2.24) is 9.97 Å². The van der Waals surface area contributed by atoms with Crippen LogP contribution in [-0.2, 0) is 9.61 Å². The molecule has 1 saturated heterocycles. The average molecular weight is 223 g/mol. The van der Waals surface area contributed by atoms with Gasteiger partial charge in [0.25, 0.3) is 0 Å². The summed E-state index contributed by atoms with van der Waals surface area (Å²) in [6, 6.07) is 6.08. The van der Waals surface area contributed by atoms with E-state index in [-0.39, 0.29) is 4.87 Å². The Kier molecular flexibility index (Phi) is 1.82. The Morgan fingerprint density at radius 3 is 2.93 bits per heavy atom. The number of rotatable bonds is 1. The van der Waals surface area contributed by atoms with Crippen molar-refractivity contribution in [2.75, 3.05) is 13.2 Å². The quantitative estimate of drug-likeness (QED) is 0.753. The van der Waals surface area contributed by atoms with Crippen molar-refractivity contribution < 1.29 is 4.74 Å². The topological polar surface area (TPSA) is 37.9 Å². The van der Waals surface area contributed by atoms with E-state index in [0.717, 1.165) is 22.4 Å². The van der Waals surface area contributed by atoms with E-state index in [1.807, 2.05) is 19.1 Å². The molecule has 1 aliphatic heterocycles. The van der Waals surface area contributed by atoms with Gasteiger partial charge in [0.2, 0.25) is 0 Å². The number of aromatic nitrogens is 2. The maximum atomic E-state index is 6.38. The van der Waals surface area contributed by atoms with E-state index in [1.165, 1.54) is 0 Å². The zero-order valence-electron chi connectivity index (χ0n) is 8.38. The molecule has 0 radical (unpaired) electrons. The highest BCUT2D eigenvalue weighted by Crippen LogP contribution is 2.37. The predicted octanol–water partition coefficient (Wildman–Crippen LogP) is 2.34. The Morgan fingerprint density at radius 1 is 1.47 bits per heavy atom. The molecule has 1 N–H and O–H groups in total. The van der Waals surface area contributed by atoms with Gasteiger partial charge in [-0.1, -0.05) is 6.07 Å². The number of benzene rings is 1. The molecule has 3 rings (SSSR count). The van der Waals surface area contributed by atoms with Crippen LogP contribution in [0.3, 0.4) is 0 Å². The maximum Gasteiger partial charge on any atom is 0.116 e. The number of H-pyrrole nitrogens is 1. The molecule has 0 spiro atoms. The van der Waals surface area contributed by atoms with Crippen LogP contribution >= 0.6 is 11.6 Å². The number of alkyl halides is 1. The molecule has 2 aromatic rings. The molecule has 1 aliphatic rings. The average Bonchev–Trinajstić information content (AvgIpc) is 2.53. The summed E-state index contributed by atoms with van der Waals surface area (Å²) in [6.07, 6.45) is 0. The van der Waals surface area contributed by atoms with E-state index in [2.05, 4.69) is 16.0 Å².